The summed E-state index contributed by atoms with van der Waals surface area (Å²) in [6.07, 6.45) is 4.92. The third kappa shape index (κ3) is 4.78. The van der Waals surface area contributed by atoms with Crippen LogP contribution in [0.15, 0.2) is 42.7 Å². The topological polar surface area (TPSA) is 61.8 Å². The number of rotatable bonds is 5. The lowest BCUT2D eigenvalue weighted by Gasteiger charge is -2.36. The highest BCUT2D eigenvalue weighted by molar-refractivity contribution is 5.81. The summed E-state index contributed by atoms with van der Waals surface area (Å²) >= 11 is 0. The second kappa shape index (κ2) is 9.11. The number of para-hydroxylation sites is 1. The van der Waals surface area contributed by atoms with Gasteiger partial charge in [0.1, 0.15) is 23.7 Å². The predicted octanol–water partition coefficient (Wildman–Crippen LogP) is 2.58. The van der Waals surface area contributed by atoms with Crippen LogP contribution in [0, 0.1) is 0 Å². The quantitative estimate of drug-likeness (QED) is 0.776. The van der Waals surface area contributed by atoms with Gasteiger partial charge in [-0.25, -0.2) is 9.97 Å². The summed E-state index contributed by atoms with van der Waals surface area (Å²) in [6.45, 7) is 6.82. The first-order valence-corrected chi connectivity index (χ1v) is 10.5. The molecule has 2 aliphatic rings. The Bertz CT molecular complexity index is 802. The van der Waals surface area contributed by atoms with Crippen LogP contribution in [0.3, 0.4) is 0 Å². The lowest BCUT2D eigenvalue weighted by molar-refractivity contribution is -0.138. The molecule has 1 unspecified atom stereocenters. The van der Waals surface area contributed by atoms with E-state index in [1.165, 1.54) is 19.3 Å². The van der Waals surface area contributed by atoms with Crippen LogP contribution in [0.25, 0.3) is 0 Å². The Morgan fingerprint density at radius 3 is 2.17 bits per heavy atom. The van der Waals surface area contributed by atoms with Crippen molar-refractivity contribution in [3.63, 3.8) is 0 Å². The van der Waals surface area contributed by atoms with Crippen LogP contribution in [0.1, 0.15) is 26.2 Å². The number of benzene rings is 1. The van der Waals surface area contributed by atoms with Crippen LogP contribution < -0.4 is 14.5 Å². The largest absolute Gasteiger partial charge is 0.481 e. The molecule has 4 rings (SSSR count). The zero-order valence-electron chi connectivity index (χ0n) is 17.0. The number of amides is 1. The molecule has 0 spiro atoms. The van der Waals surface area contributed by atoms with Crippen LogP contribution in [0.4, 0.5) is 11.6 Å². The first kappa shape index (κ1) is 19.5. The lowest BCUT2D eigenvalue weighted by Crippen LogP contribution is -2.52. The fourth-order valence-electron chi connectivity index (χ4n) is 3.97. The zero-order valence-corrected chi connectivity index (χ0v) is 17.0. The molecule has 1 aromatic carbocycles. The van der Waals surface area contributed by atoms with E-state index in [1.54, 1.807) is 6.33 Å². The smallest absolute Gasteiger partial charge is 0.263 e. The highest BCUT2D eigenvalue weighted by atomic mass is 16.5. The van der Waals surface area contributed by atoms with E-state index in [9.17, 15) is 4.79 Å². The van der Waals surface area contributed by atoms with Gasteiger partial charge < -0.3 is 19.4 Å². The number of aromatic nitrogens is 2. The van der Waals surface area contributed by atoms with Crippen molar-refractivity contribution in [2.24, 2.45) is 0 Å². The first-order chi connectivity index (χ1) is 14.2. The SMILES string of the molecule is CC(Oc1ccccc1)C(=O)N1CCN(c2cc(N3CCCCC3)ncn2)CC1. The fourth-order valence-corrected chi connectivity index (χ4v) is 3.97. The molecule has 3 heterocycles. The molecule has 1 aromatic heterocycles. The summed E-state index contributed by atoms with van der Waals surface area (Å²) < 4.78 is 5.79. The minimum atomic E-state index is -0.492. The Labute approximate surface area is 172 Å². The van der Waals surface area contributed by atoms with Gasteiger partial charge in [-0.2, -0.15) is 0 Å². The first-order valence-electron chi connectivity index (χ1n) is 10.5. The van der Waals surface area contributed by atoms with Crippen molar-refractivity contribution in [2.75, 3.05) is 49.1 Å². The van der Waals surface area contributed by atoms with Crippen molar-refractivity contribution in [1.82, 2.24) is 14.9 Å². The van der Waals surface area contributed by atoms with Crippen LogP contribution in [-0.2, 0) is 4.79 Å². The molecule has 7 heteroatoms. The minimum Gasteiger partial charge on any atom is -0.481 e. The predicted molar refractivity (Wildman–Crippen MR) is 113 cm³/mol. The number of carbonyl (C=O) groups excluding carboxylic acids is 1. The van der Waals surface area contributed by atoms with Gasteiger partial charge in [-0.1, -0.05) is 18.2 Å². The van der Waals surface area contributed by atoms with Gasteiger partial charge in [-0.05, 0) is 38.3 Å². The van der Waals surface area contributed by atoms with Gasteiger partial charge >= 0.3 is 0 Å². The van der Waals surface area contributed by atoms with Gasteiger partial charge in [-0.15, -0.1) is 0 Å². The molecule has 0 radical (unpaired) electrons. The Morgan fingerprint density at radius 2 is 1.52 bits per heavy atom. The number of piperidine rings is 1. The van der Waals surface area contributed by atoms with E-state index in [0.29, 0.717) is 13.1 Å². The molecule has 0 bridgehead atoms. The van der Waals surface area contributed by atoms with Crippen molar-refractivity contribution < 1.29 is 9.53 Å². The second-order valence-corrected chi connectivity index (χ2v) is 7.67. The molecule has 0 aliphatic carbocycles. The van der Waals surface area contributed by atoms with Gasteiger partial charge in [0, 0.05) is 45.3 Å². The monoisotopic (exact) mass is 395 g/mol. The molecular weight excluding hydrogens is 366 g/mol. The summed E-state index contributed by atoms with van der Waals surface area (Å²) in [7, 11) is 0. The average Bonchev–Trinajstić information content (AvgIpc) is 2.80. The van der Waals surface area contributed by atoms with E-state index < -0.39 is 6.10 Å². The molecule has 0 saturated carbocycles. The molecule has 154 valence electrons. The summed E-state index contributed by atoms with van der Waals surface area (Å²) in [6, 6.07) is 11.6. The van der Waals surface area contributed by atoms with E-state index in [0.717, 1.165) is 43.6 Å². The van der Waals surface area contributed by atoms with Crippen LogP contribution in [0.2, 0.25) is 0 Å². The molecule has 7 nitrogen and oxygen atoms in total. The maximum absolute atomic E-state index is 12.8. The normalized spacial score (nSPS) is 18.4. The van der Waals surface area contributed by atoms with Crippen LogP contribution in [0.5, 0.6) is 5.75 Å². The molecule has 29 heavy (non-hydrogen) atoms. The Balaban J connectivity index is 1.32. The number of nitrogens with zero attached hydrogens (tertiary/aromatic N) is 5. The average molecular weight is 396 g/mol. The van der Waals surface area contributed by atoms with Crippen molar-refractivity contribution in [2.45, 2.75) is 32.3 Å². The van der Waals surface area contributed by atoms with Crippen molar-refractivity contribution in [3.8, 4) is 5.75 Å². The van der Waals surface area contributed by atoms with Crippen LogP contribution in [-0.4, -0.2) is 66.1 Å². The highest BCUT2D eigenvalue weighted by Crippen LogP contribution is 2.22. The number of anilines is 2. The molecule has 1 amide bonds. The third-order valence-corrected chi connectivity index (χ3v) is 5.64. The minimum absolute atomic E-state index is 0.0326. The van der Waals surface area contributed by atoms with E-state index in [-0.39, 0.29) is 5.91 Å². The lowest BCUT2D eigenvalue weighted by atomic mass is 10.1. The van der Waals surface area contributed by atoms with E-state index >= 15 is 0 Å². The number of carbonyl (C=O) groups is 1. The molecule has 2 aliphatic heterocycles. The molecule has 0 N–H and O–H groups in total. The number of ether oxygens (including phenoxy) is 1. The third-order valence-electron chi connectivity index (χ3n) is 5.64. The molecule has 2 fully saturated rings. The van der Waals surface area contributed by atoms with Gasteiger partial charge in [-0.3, -0.25) is 4.79 Å². The Morgan fingerprint density at radius 1 is 0.897 bits per heavy atom. The van der Waals surface area contributed by atoms with Crippen molar-refractivity contribution in [3.05, 3.63) is 42.7 Å². The second-order valence-electron chi connectivity index (χ2n) is 7.67. The Hall–Kier alpha value is -2.83. The van der Waals surface area contributed by atoms with E-state index in [4.69, 9.17) is 4.74 Å². The summed E-state index contributed by atoms with van der Waals surface area (Å²) in [5.74, 6) is 2.71. The standard InChI is InChI=1S/C22H29N5O2/c1-18(29-19-8-4-2-5-9-19)22(28)27-14-12-26(13-15-27)21-16-20(23-17-24-21)25-10-6-3-7-11-25/h2,4-5,8-9,16-18H,3,6-7,10-15H2,1H3. The maximum Gasteiger partial charge on any atom is 0.263 e. The maximum atomic E-state index is 12.8. The fraction of sp³-hybridized carbons (Fsp3) is 0.500. The molecular formula is C22H29N5O2. The number of hydrogen-bond acceptors (Lipinski definition) is 6. The highest BCUT2D eigenvalue weighted by Gasteiger charge is 2.27. The van der Waals surface area contributed by atoms with Crippen molar-refractivity contribution >= 4 is 17.5 Å². The van der Waals surface area contributed by atoms with Gasteiger partial charge in [0.25, 0.3) is 5.91 Å². The van der Waals surface area contributed by atoms with Gasteiger partial charge in [0.2, 0.25) is 0 Å². The molecule has 2 aromatic rings. The number of hydrogen-bond donors (Lipinski definition) is 0. The number of piperazine rings is 1. The zero-order chi connectivity index (χ0) is 20.1. The van der Waals surface area contributed by atoms with Gasteiger partial charge in [0.05, 0.1) is 0 Å². The van der Waals surface area contributed by atoms with E-state index in [1.807, 2.05) is 42.2 Å². The summed E-state index contributed by atoms with van der Waals surface area (Å²) in [5.41, 5.74) is 0. The summed E-state index contributed by atoms with van der Waals surface area (Å²) in [4.78, 5) is 28.2. The molecule has 2 saturated heterocycles. The van der Waals surface area contributed by atoms with E-state index in [2.05, 4.69) is 25.8 Å². The summed E-state index contributed by atoms with van der Waals surface area (Å²) in [5, 5.41) is 0. The Kier molecular flexibility index (Phi) is 6.12. The van der Waals surface area contributed by atoms with Crippen LogP contribution >= 0.6 is 0 Å². The molecule has 1 atom stereocenters. The van der Waals surface area contributed by atoms with Gasteiger partial charge in [0.15, 0.2) is 6.10 Å². The van der Waals surface area contributed by atoms with Crippen molar-refractivity contribution in [1.29, 1.82) is 0 Å².